The molecule has 21 heavy (non-hydrogen) atoms. The number of benzene rings is 1. The third-order valence-electron chi connectivity index (χ3n) is 4.22. The number of carboxylic acids is 1. The van der Waals surface area contributed by atoms with Gasteiger partial charge in [-0.2, -0.15) is 0 Å². The number of nitrogen functional groups attached to an aromatic ring is 1. The molecule has 1 aliphatic heterocycles. The number of rotatable bonds is 3. The van der Waals surface area contributed by atoms with Gasteiger partial charge in [0.25, 0.3) is 0 Å². The molecule has 5 nitrogen and oxygen atoms in total. The first-order valence-corrected chi connectivity index (χ1v) is 7.24. The lowest BCUT2D eigenvalue weighted by atomic mass is 9.82. The fraction of sp³-hybridized carbons (Fsp3) is 0.500. The zero-order chi connectivity index (χ0) is 15.6. The van der Waals surface area contributed by atoms with E-state index in [1.54, 1.807) is 12.1 Å². The molecule has 0 aliphatic carbocycles. The van der Waals surface area contributed by atoms with Gasteiger partial charge >= 0.3 is 5.97 Å². The van der Waals surface area contributed by atoms with Crippen molar-refractivity contribution in [2.75, 3.05) is 12.3 Å². The number of carbonyl (C=O) groups excluding carboxylic acids is 1. The van der Waals surface area contributed by atoms with Crippen molar-refractivity contribution in [2.45, 2.75) is 44.6 Å². The normalized spacial score (nSPS) is 19.3. The molecule has 1 aromatic carbocycles. The van der Waals surface area contributed by atoms with E-state index in [0.29, 0.717) is 18.7 Å². The van der Waals surface area contributed by atoms with Crippen LogP contribution in [0, 0.1) is 0 Å². The lowest BCUT2D eigenvalue weighted by molar-refractivity contribution is -0.154. The summed E-state index contributed by atoms with van der Waals surface area (Å²) in [6, 6.07) is 6.46. The summed E-state index contributed by atoms with van der Waals surface area (Å²) in [5, 5.41) is 9.32. The molecular formula is C16H22N2O3. The Morgan fingerprint density at radius 1 is 1.24 bits per heavy atom. The summed E-state index contributed by atoms with van der Waals surface area (Å²) >= 11 is 0. The molecule has 0 radical (unpaired) electrons. The molecule has 0 spiro atoms. The minimum absolute atomic E-state index is 0.139. The molecule has 1 amide bonds. The van der Waals surface area contributed by atoms with E-state index in [2.05, 4.69) is 0 Å². The number of carbonyl (C=O) groups is 2. The molecule has 0 aromatic heterocycles. The molecule has 114 valence electrons. The van der Waals surface area contributed by atoms with Gasteiger partial charge in [0.05, 0.1) is 5.41 Å². The molecule has 1 fully saturated rings. The fourth-order valence-corrected chi connectivity index (χ4v) is 2.81. The topological polar surface area (TPSA) is 83.6 Å². The molecular weight excluding hydrogens is 268 g/mol. The summed E-state index contributed by atoms with van der Waals surface area (Å²) in [5.41, 5.74) is 6.40. The number of nitrogens with two attached hydrogens (primary N) is 1. The highest BCUT2D eigenvalue weighted by Crippen LogP contribution is 2.29. The Kier molecular flexibility index (Phi) is 4.21. The van der Waals surface area contributed by atoms with E-state index in [-0.39, 0.29) is 5.91 Å². The number of likely N-dealkylation sites (tertiary alicyclic amines) is 1. The Hall–Kier alpha value is -2.04. The Morgan fingerprint density at radius 2 is 1.86 bits per heavy atom. The summed E-state index contributed by atoms with van der Waals surface area (Å²) < 4.78 is 0. The molecule has 5 heteroatoms. The lowest BCUT2D eigenvalue weighted by Crippen LogP contribution is -2.53. The minimum Gasteiger partial charge on any atom is -0.480 e. The maximum Gasteiger partial charge on any atom is 0.326 e. The highest BCUT2D eigenvalue weighted by Gasteiger charge is 2.40. The first-order chi connectivity index (χ1) is 9.84. The van der Waals surface area contributed by atoms with Gasteiger partial charge in [0.1, 0.15) is 6.04 Å². The largest absolute Gasteiger partial charge is 0.480 e. The van der Waals surface area contributed by atoms with E-state index in [1.165, 1.54) is 4.90 Å². The number of anilines is 1. The number of hydrogen-bond acceptors (Lipinski definition) is 3. The Labute approximate surface area is 124 Å². The van der Waals surface area contributed by atoms with Crippen molar-refractivity contribution in [2.24, 2.45) is 0 Å². The van der Waals surface area contributed by atoms with E-state index in [9.17, 15) is 14.7 Å². The van der Waals surface area contributed by atoms with Crippen LogP contribution in [0.25, 0.3) is 0 Å². The summed E-state index contributed by atoms with van der Waals surface area (Å²) in [6.07, 6.45) is 2.23. The highest BCUT2D eigenvalue weighted by atomic mass is 16.4. The average Bonchev–Trinajstić information content (AvgIpc) is 2.46. The molecule has 1 heterocycles. The zero-order valence-electron chi connectivity index (χ0n) is 12.5. The second-order valence-corrected chi connectivity index (χ2v) is 6.10. The lowest BCUT2D eigenvalue weighted by Gasteiger charge is -2.38. The predicted octanol–water partition coefficient (Wildman–Crippen LogP) is 2.01. The van der Waals surface area contributed by atoms with E-state index in [4.69, 9.17) is 5.73 Å². The maximum absolute atomic E-state index is 12.9. The summed E-state index contributed by atoms with van der Waals surface area (Å²) in [4.78, 5) is 25.7. The number of nitrogens with zero attached hydrogens (tertiary/aromatic N) is 1. The van der Waals surface area contributed by atoms with Crippen LogP contribution in [0.15, 0.2) is 24.3 Å². The minimum atomic E-state index is -0.920. The Balaban J connectivity index is 2.27. The second kappa shape index (κ2) is 5.76. The Morgan fingerprint density at radius 3 is 2.43 bits per heavy atom. The van der Waals surface area contributed by atoms with Crippen LogP contribution in [0.4, 0.5) is 5.69 Å². The van der Waals surface area contributed by atoms with Gasteiger partial charge in [-0.05, 0) is 50.8 Å². The number of carboxylic acid groups (broad SMARTS) is 1. The summed E-state index contributed by atoms with van der Waals surface area (Å²) in [5.74, 6) is -1.06. The molecule has 3 N–H and O–H groups in total. The van der Waals surface area contributed by atoms with Crippen molar-refractivity contribution in [1.82, 2.24) is 4.90 Å². The monoisotopic (exact) mass is 290 g/mol. The van der Waals surface area contributed by atoms with Gasteiger partial charge in [-0.15, -0.1) is 0 Å². The summed E-state index contributed by atoms with van der Waals surface area (Å²) in [6.45, 7) is 4.16. The third kappa shape index (κ3) is 3.01. The smallest absolute Gasteiger partial charge is 0.326 e. The van der Waals surface area contributed by atoms with Crippen LogP contribution in [0.5, 0.6) is 0 Å². The van der Waals surface area contributed by atoms with Crippen LogP contribution < -0.4 is 5.73 Å². The molecule has 0 bridgehead atoms. The molecule has 1 atom stereocenters. The van der Waals surface area contributed by atoms with Crippen molar-refractivity contribution >= 4 is 17.6 Å². The van der Waals surface area contributed by atoms with Gasteiger partial charge in [0.15, 0.2) is 0 Å². The SMILES string of the molecule is CC(C)(C(=O)N1CCCCC1C(=O)O)c1ccc(N)cc1. The number of hydrogen-bond donors (Lipinski definition) is 2. The van der Waals surface area contributed by atoms with Crippen LogP contribution in [-0.4, -0.2) is 34.5 Å². The maximum atomic E-state index is 12.9. The molecule has 1 unspecified atom stereocenters. The van der Waals surface area contributed by atoms with Crippen LogP contribution in [-0.2, 0) is 15.0 Å². The fourth-order valence-electron chi connectivity index (χ4n) is 2.81. The van der Waals surface area contributed by atoms with Crippen LogP contribution in [0.1, 0.15) is 38.7 Å². The van der Waals surface area contributed by atoms with Gasteiger partial charge in [0.2, 0.25) is 5.91 Å². The van der Waals surface area contributed by atoms with Gasteiger partial charge in [0, 0.05) is 12.2 Å². The van der Waals surface area contributed by atoms with E-state index in [0.717, 1.165) is 18.4 Å². The van der Waals surface area contributed by atoms with Crippen LogP contribution in [0.3, 0.4) is 0 Å². The molecule has 1 aromatic rings. The second-order valence-electron chi connectivity index (χ2n) is 6.10. The molecule has 1 aliphatic rings. The molecule has 0 saturated carbocycles. The van der Waals surface area contributed by atoms with Crippen molar-refractivity contribution in [3.63, 3.8) is 0 Å². The van der Waals surface area contributed by atoms with E-state index < -0.39 is 17.4 Å². The van der Waals surface area contributed by atoms with Crippen LogP contribution in [0.2, 0.25) is 0 Å². The molecule has 2 rings (SSSR count). The van der Waals surface area contributed by atoms with Crippen molar-refractivity contribution in [3.8, 4) is 0 Å². The zero-order valence-corrected chi connectivity index (χ0v) is 12.5. The van der Waals surface area contributed by atoms with Crippen LogP contribution >= 0.6 is 0 Å². The predicted molar refractivity (Wildman–Crippen MR) is 80.9 cm³/mol. The summed E-state index contributed by atoms with van der Waals surface area (Å²) in [7, 11) is 0. The molecule has 1 saturated heterocycles. The number of piperidine rings is 1. The third-order valence-corrected chi connectivity index (χ3v) is 4.22. The van der Waals surface area contributed by atoms with Gasteiger partial charge in [-0.3, -0.25) is 4.79 Å². The number of aliphatic carboxylic acids is 1. The average molecular weight is 290 g/mol. The highest BCUT2D eigenvalue weighted by molar-refractivity contribution is 5.91. The quantitative estimate of drug-likeness (QED) is 0.834. The van der Waals surface area contributed by atoms with Crippen molar-refractivity contribution < 1.29 is 14.7 Å². The van der Waals surface area contributed by atoms with Gasteiger partial charge in [-0.25, -0.2) is 4.79 Å². The van der Waals surface area contributed by atoms with E-state index in [1.807, 2.05) is 26.0 Å². The Bertz CT molecular complexity index is 537. The van der Waals surface area contributed by atoms with Gasteiger partial charge < -0.3 is 15.7 Å². The number of amides is 1. The van der Waals surface area contributed by atoms with E-state index >= 15 is 0 Å². The first-order valence-electron chi connectivity index (χ1n) is 7.24. The van der Waals surface area contributed by atoms with Crippen molar-refractivity contribution in [3.05, 3.63) is 29.8 Å². The standard InChI is InChI=1S/C16H22N2O3/c1-16(2,11-6-8-12(17)9-7-11)15(21)18-10-4-3-5-13(18)14(19)20/h6-9,13H,3-5,10,17H2,1-2H3,(H,19,20). The van der Waals surface area contributed by atoms with Crippen molar-refractivity contribution in [1.29, 1.82) is 0 Å². The van der Waals surface area contributed by atoms with Gasteiger partial charge in [-0.1, -0.05) is 12.1 Å². The first kappa shape index (κ1) is 15.4.